The van der Waals surface area contributed by atoms with E-state index in [2.05, 4.69) is 4.74 Å². The van der Waals surface area contributed by atoms with E-state index in [4.69, 9.17) is 11.6 Å². The fraction of sp³-hybridized carbons (Fsp3) is 0.143. The number of aromatic nitrogens is 1. The smallest absolute Gasteiger partial charge is 0.399 e. The number of H-pyrrole nitrogens is 1. The molecule has 0 saturated heterocycles. The summed E-state index contributed by atoms with van der Waals surface area (Å²) in [6.45, 7) is 0. The van der Waals surface area contributed by atoms with Crippen LogP contribution in [0.5, 0.6) is 5.75 Å². The minimum Gasteiger partial charge on any atom is -0.399 e. The first-order valence-corrected chi connectivity index (χ1v) is 5.05. The van der Waals surface area contributed by atoms with E-state index in [1.165, 1.54) is 0 Å². The molecule has 0 aliphatic rings. The van der Waals surface area contributed by atoms with Crippen molar-refractivity contribution in [1.82, 2.24) is 4.98 Å². The van der Waals surface area contributed by atoms with Crippen molar-refractivity contribution in [3.8, 4) is 5.75 Å². The Morgan fingerprint density at radius 3 is 2.50 bits per heavy atom. The van der Waals surface area contributed by atoms with E-state index < -0.39 is 28.5 Å². The molecule has 0 spiro atoms. The van der Waals surface area contributed by atoms with Gasteiger partial charge in [-0.25, -0.2) is 0 Å². The number of ether oxygens (including phenoxy) is 1. The average molecular weight is 367 g/mol. The second-order valence-electron chi connectivity index (χ2n) is 2.49. The Balaban J connectivity index is 3.41. The van der Waals surface area contributed by atoms with E-state index in [1.54, 1.807) is 22.6 Å². The molecular weight excluding hydrogens is 365 g/mol. The number of rotatable bonds is 2. The fourth-order valence-corrected chi connectivity index (χ4v) is 1.88. The summed E-state index contributed by atoms with van der Waals surface area (Å²) in [7, 11) is 0. The Morgan fingerprint density at radius 2 is 2.06 bits per heavy atom. The van der Waals surface area contributed by atoms with Crippen LogP contribution in [-0.2, 0) is 0 Å². The summed E-state index contributed by atoms with van der Waals surface area (Å²) in [5.74, 6) is -1.15. The summed E-state index contributed by atoms with van der Waals surface area (Å²) < 4.78 is 39.4. The highest BCUT2D eigenvalue weighted by Gasteiger charge is 2.35. The fourth-order valence-electron chi connectivity index (χ4n) is 0.885. The summed E-state index contributed by atoms with van der Waals surface area (Å²) in [5, 5.41) is -1.20. The number of carbonyl (C=O) groups excluding carboxylic acids is 1. The topological polar surface area (TPSA) is 59.2 Å². The van der Waals surface area contributed by atoms with E-state index in [1.807, 2.05) is 4.98 Å². The number of halogens is 5. The minimum absolute atomic E-state index is 0.0523. The zero-order valence-corrected chi connectivity index (χ0v) is 10.1. The van der Waals surface area contributed by atoms with Gasteiger partial charge in [0.05, 0.1) is 5.56 Å². The van der Waals surface area contributed by atoms with Crippen molar-refractivity contribution in [3.63, 3.8) is 0 Å². The lowest BCUT2D eigenvalue weighted by molar-refractivity contribution is -0.275. The second kappa shape index (κ2) is 4.62. The molecule has 0 amide bonds. The zero-order valence-electron chi connectivity index (χ0n) is 7.19. The first kappa shape index (κ1) is 13.3. The number of nitrogens with one attached hydrogen (secondary N) is 1. The molecule has 88 valence electrons. The summed E-state index contributed by atoms with van der Waals surface area (Å²) in [6.07, 6.45) is -4.01. The Morgan fingerprint density at radius 1 is 1.50 bits per heavy atom. The maximum Gasteiger partial charge on any atom is 0.573 e. The predicted octanol–water partition coefficient (Wildman–Crippen LogP) is 2.26. The van der Waals surface area contributed by atoms with Gasteiger partial charge in [0.1, 0.15) is 0 Å². The molecule has 0 aromatic carbocycles. The number of alkyl halides is 3. The summed E-state index contributed by atoms with van der Waals surface area (Å²) >= 11 is 6.62. The predicted molar refractivity (Wildman–Crippen MR) is 56.6 cm³/mol. The van der Waals surface area contributed by atoms with Crippen LogP contribution in [0.3, 0.4) is 0 Å². The van der Waals surface area contributed by atoms with Crippen molar-refractivity contribution in [2.24, 2.45) is 0 Å². The Hall–Kier alpha value is -0.770. The van der Waals surface area contributed by atoms with Gasteiger partial charge in [0.15, 0.2) is 0 Å². The number of hydrogen-bond acceptors (Lipinski definition) is 3. The van der Waals surface area contributed by atoms with Gasteiger partial charge in [-0.1, -0.05) is 0 Å². The monoisotopic (exact) mass is 367 g/mol. The number of carbonyl (C=O) groups is 1. The van der Waals surface area contributed by atoms with E-state index in [-0.39, 0.29) is 3.57 Å². The van der Waals surface area contributed by atoms with Crippen molar-refractivity contribution < 1.29 is 22.7 Å². The molecule has 1 N–H and O–H groups in total. The van der Waals surface area contributed by atoms with Crippen molar-refractivity contribution in [2.45, 2.75) is 6.36 Å². The van der Waals surface area contributed by atoms with Crippen LogP contribution in [0.1, 0.15) is 10.4 Å². The van der Waals surface area contributed by atoms with Crippen molar-refractivity contribution in [2.75, 3.05) is 0 Å². The third-order valence-electron chi connectivity index (χ3n) is 1.42. The van der Waals surface area contributed by atoms with Crippen LogP contribution in [0.15, 0.2) is 11.0 Å². The normalized spacial score (nSPS) is 11.3. The molecule has 0 saturated carbocycles. The molecular formula is C7H2ClF3INO3. The standard InChI is InChI=1S/C7H2ClF3INO3/c8-5(14)3-2(12)1-13-6(15)4(3)16-7(9,10)11/h1H,(H,13,15). The van der Waals surface area contributed by atoms with Crippen LogP contribution in [0.25, 0.3) is 0 Å². The third-order valence-corrected chi connectivity index (χ3v) is 2.46. The molecule has 1 aromatic heterocycles. The quantitative estimate of drug-likeness (QED) is 0.644. The maximum atomic E-state index is 12.0. The van der Waals surface area contributed by atoms with Crippen LogP contribution >= 0.6 is 34.2 Å². The first-order valence-electron chi connectivity index (χ1n) is 3.59. The van der Waals surface area contributed by atoms with Crippen LogP contribution in [0.2, 0.25) is 0 Å². The van der Waals surface area contributed by atoms with E-state index in [9.17, 15) is 22.8 Å². The van der Waals surface area contributed by atoms with Crippen molar-refractivity contribution in [3.05, 3.63) is 25.7 Å². The highest BCUT2D eigenvalue weighted by molar-refractivity contribution is 14.1. The van der Waals surface area contributed by atoms with Gasteiger partial charge < -0.3 is 9.72 Å². The largest absolute Gasteiger partial charge is 0.573 e. The molecule has 9 heteroatoms. The maximum absolute atomic E-state index is 12.0. The van der Waals surface area contributed by atoms with Crippen LogP contribution in [-0.4, -0.2) is 16.6 Å². The molecule has 4 nitrogen and oxygen atoms in total. The molecule has 1 aromatic rings. The zero-order chi connectivity index (χ0) is 12.5. The highest BCUT2D eigenvalue weighted by atomic mass is 127. The molecule has 0 fully saturated rings. The van der Waals surface area contributed by atoms with Gasteiger partial charge in [-0.05, 0) is 34.2 Å². The molecule has 0 bridgehead atoms. The second-order valence-corrected chi connectivity index (χ2v) is 4.00. The van der Waals surface area contributed by atoms with Gasteiger partial charge in [0, 0.05) is 9.77 Å². The van der Waals surface area contributed by atoms with Gasteiger partial charge in [0.25, 0.3) is 10.8 Å². The number of pyridine rings is 1. The SMILES string of the molecule is O=C(Cl)c1c(I)c[nH]c(=O)c1OC(F)(F)F. The van der Waals surface area contributed by atoms with E-state index in [0.717, 1.165) is 6.20 Å². The molecule has 0 radical (unpaired) electrons. The van der Waals surface area contributed by atoms with Gasteiger partial charge in [-0.2, -0.15) is 0 Å². The van der Waals surface area contributed by atoms with Gasteiger partial charge in [-0.15, -0.1) is 13.2 Å². The molecule has 0 atom stereocenters. The first-order chi connectivity index (χ1) is 7.22. The Labute approximate surface area is 105 Å². The third kappa shape index (κ3) is 3.11. The van der Waals surface area contributed by atoms with E-state index in [0.29, 0.717) is 0 Å². The molecule has 0 aliphatic heterocycles. The summed E-state index contributed by atoms with van der Waals surface area (Å²) in [6, 6.07) is 0. The van der Waals surface area contributed by atoms with Gasteiger partial charge >= 0.3 is 6.36 Å². The van der Waals surface area contributed by atoms with Crippen molar-refractivity contribution >= 4 is 39.4 Å². The Kier molecular flexibility index (Phi) is 3.84. The van der Waals surface area contributed by atoms with Crippen LogP contribution < -0.4 is 10.3 Å². The number of hydrogen-bond donors (Lipinski definition) is 1. The Bertz CT molecular complexity index is 485. The molecule has 0 aliphatic carbocycles. The summed E-state index contributed by atoms with van der Waals surface area (Å²) in [5.41, 5.74) is -1.79. The van der Waals surface area contributed by atoms with Crippen molar-refractivity contribution in [1.29, 1.82) is 0 Å². The van der Waals surface area contributed by atoms with Gasteiger partial charge in [-0.3, -0.25) is 9.59 Å². The lowest BCUT2D eigenvalue weighted by Crippen LogP contribution is -2.25. The average Bonchev–Trinajstić information content (AvgIpc) is 2.08. The van der Waals surface area contributed by atoms with Crippen LogP contribution in [0.4, 0.5) is 13.2 Å². The highest BCUT2D eigenvalue weighted by Crippen LogP contribution is 2.26. The lowest BCUT2D eigenvalue weighted by Gasteiger charge is -2.10. The van der Waals surface area contributed by atoms with Gasteiger partial charge in [0.2, 0.25) is 5.75 Å². The van der Waals surface area contributed by atoms with Crippen LogP contribution in [0, 0.1) is 3.57 Å². The molecule has 1 rings (SSSR count). The molecule has 16 heavy (non-hydrogen) atoms. The lowest BCUT2D eigenvalue weighted by atomic mass is 10.3. The summed E-state index contributed by atoms with van der Waals surface area (Å²) in [4.78, 5) is 24.0. The molecule has 0 unspecified atom stereocenters. The minimum atomic E-state index is -5.07. The molecule has 1 heterocycles. The number of aromatic amines is 1. The van der Waals surface area contributed by atoms with E-state index >= 15 is 0 Å².